The average molecular weight is 361 g/mol. The highest BCUT2D eigenvalue weighted by Crippen LogP contribution is 2.19. The molecule has 0 bridgehead atoms. The molecule has 0 unspecified atom stereocenters. The number of aromatic nitrogens is 1. The summed E-state index contributed by atoms with van der Waals surface area (Å²) in [4.78, 5) is 0. The lowest BCUT2D eigenvalue weighted by Gasteiger charge is -1.97. The molecule has 0 amide bonds. The van der Waals surface area contributed by atoms with Gasteiger partial charge in [0.25, 0.3) is 0 Å². The molecule has 0 N–H and O–H groups in total. The second-order valence-corrected chi connectivity index (χ2v) is 5.54. The van der Waals surface area contributed by atoms with Crippen LogP contribution in [0.3, 0.4) is 0 Å². The minimum absolute atomic E-state index is 0. The number of hydrogen-bond donors (Lipinski definition) is 0. The van der Waals surface area contributed by atoms with Crippen molar-refractivity contribution < 1.29 is 28.5 Å². The molecular weight excluding hydrogens is 341 g/mol. The van der Waals surface area contributed by atoms with Crippen LogP contribution in [0.2, 0.25) is 0 Å². The van der Waals surface area contributed by atoms with Gasteiger partial charge in [-0.25, -0.2) is 0 Å². The Kier molecular flexibility index (Phi) is 6.41. The van der Waals surface area contributed by atoms with Crippen molar-refractivity contribution in [2.24, 2.45) is 0 Å². The quantitative estimate of drug-likeness (QED) is 0.426. The summed E-state index contributed by atoms with van der Waals surface area (Å²) in [5.41, 5.74) is 1.40. The lowest BCUT2D eigenvalue weighted by atomic mass is 10.2. The first kappa shape index (κ1) is 14.9. The molecule has 94 valence electrons. The summed E-state index contributed by atoms with van der Waals surface area (Å²) < 4.78 is 3.88. The molecule has 0 saturated heterocycles. The fourth-order valence-electron chi connectivity index (χ4n) is 2.12. The summed E-state index contributed by atoms with van der Waals surface area (Å²) in [6.07, 6.45) is 5.34. The largest absolute Gasteiger partial charge is 1.00 e. The van der Waals surface area contributed by atoms with Crippen LogP contribution in [0.15, 0.2) is 24.3 Å². The molecule has 1 heterocycles. The van der Waals surface area contributed by atoms with Gasteiger partial charge in [0.05, 0.1) is 0 Å². The van der Waals surface area contributed by atoms with E-state index in [1.54, 1.807) is 0 Å². The van der Waals surface area contributed by atoms with E-state index in [1.165, 1.54) is 47.5 Å². The molecule has 17 heavy (non-hydrogen) atoms. The Bertz CT molecular complexity index is 464. The van der Waals surface area contributed by atoms with Gasteiger partial charge in [-0.15, -0.1) is 0 Å². The number of hydrogen-bond acceptors (Lipinski definition) is 1. The SMILES string of the molecule is CCCCCC[n+]1c(C)sc2ccccc21.[I-]. The molecule has 0 spiro atoms. The molecule has 1 aromatic carbocycles. The normalized spacial score (nSPS) is 10.5. The number of fused-ring (bicyclic) bond motifs is 1. The van der Waals surface area contributed by atoms with Crippen LogP contribution in [0.5, 0.6) is 0 Å². The fraction of sp³-hybridized carbons (Fsp3) is 0.500. The zero-order chi connectivity index (χ0) is 11.4. The number of thiazole rings is 1. The Morgan fingerprint density at radius 2 is 1.88 bits per heavy atom. The Morgan fingerprint density at radius 3 is 2.65 bits per heavy atom. The van der Waals surface area contributed by atoms with Gasteiger partial charge in [0.15, 0.2) is 0 Å². The predicted molar refractivity (Wildman–Crippen MR) is 70.9 cm³/mol. The van der Waals surface area contributed by atoms with Crippen molar-refractivity contribution in [1.29, 1.82) is 0 Å². The first-order chi connectivity index (χ1) is 7.83. The van der Waals surface area contributed by atoms with E-state index in [4.69, 9.17) is 0 Å². The Balaban J connectivity index is 0.00000144. The van der Waals surface area contributed by atoms with E-state index in [2.05, 4.69) is 42.7 Å². The molecule has 3 heteroatoms. The molecule has 2 rings (SSSR count). The van der Waals surface area contributed by atoms with Crippen LogP contribution in [0, 0.1) is 6.92 Å². The zero-order valence-electron chi connectivity index (χ0n) is 10.6. The summed E-state index contributed by atoms with van der Waals surface area (Å²) in [7, 11) is 0. The van der Waals surface area contributed by atoms with Crippen molar-refractivity contribution in [3.63, 3.8) is 0 Å². The molecule has 0 aliphatic carbocycles. The zero-order valence-corrected chi connectivity index (χ0v) is 13.6. The molecule has 0 radical (unpaired) electrons. The van der Waals surface area contributed by atoms with Crippen LogP contribution in [-0.4, -0.2) is 0 Å². The van der Waals surface area contributed by atoms with E-state index < -0.39 is 0 Å². The van der Waals surface area contributed by atoms with Crippen molar-refractivity contribution in [3.05, 3.63) is 29.3 Å². The molecule has 1 nitrogen and oxygen atoms in total. The van der Waals surface area contributed by atoms with Crippen LogP contribution in [0.1, 0.15) is 37.6 Å². The van der Waals surface area contributed by atoms with E-state index in [9.17, 15) is 0 Å². The van der Waals surface area contributed by atoms with E-state index in [1.807, 2.05) is 11.3 Å². The van der Waals surface area contributed by atoms with Gasteiger partial charge in [-0.1, -0.05) is 43.2 Å². The van der Waals surface area contributed by atoms with Crippen molar-refractivity contribution in [1.82, 2.24) is 0 Å². The molecular formula is C14H20INS. The average Bonchev–Trinajstić information content (AvgIpc) is 2.61. The van der Waals surface area contributed by atoms with Gasteiger partial charge in [0.1, 0.15) is 11.2 Å². The van der Waals surface area contributed by atoms with Gasteiger partial charge >= 0.3 is 0 Å². The molecule has 0 saturated carbocycles. The van der Waals surface area contributed by atoms with Crippen molar-refractivity contribution in [2.45, 2.75) is 46.1 Å². The van der Waals surface area contributed by atoms with Gasteiger partial charge in [-0.2, -0.15) is 4.57 Å². The first-order valence-electron chi connectivity index (χ1n) is 6.21. The second kappa shape index (κ2) is 7.31. The third-order valence-corrected chi connectivity index (χ3v) is 4.11. The number of unbranched alkanes of at least 4 members (excludes halogenated alkanes) is 3. The van der Waals surface area contributed by atoms with Gasteiger partial charge in [0.2, 0.25) is 10.5 Å². The number of rotatable bonds is 5. The van der Waals surface area contributed by atoms with E-state index in [-0.39, 0.29) is 24.0 Å². The van der Waals surface area contributed by atoms with E-state index >= 15 is 0 Å². The van der Waals surface area contributed by atoms with Gasteiger partial charge < -0.3 is 24.0 Å². The molecule has 0 aliphatic heterocycles. The predicted octanol–water partition coefficient (Wildman–Crippen LogP) is 1.08. The minimum atomic E-state index is 0. The Morgan fingerprint density at radius 1 is 1.12 bits per heavy atom. The monoisotopic (exact) mass is 361 g/mol. The highest BCUT2D eigenvalue weighted by Gasteiger charge is 2.15. The van der Waals surface area contributed by atoms with Crippen LogP contribution < -0.4 is 28.5 Å². The summed E-state index contributed by atoms with van der Waals surface area (Å²) in [5.74, 6) is 0. The van der Waals surface area contributed by atoms with Gasteiger partial charge in [-0.05, 0) is 12.5 Å². The first-order valence-corrected chi connectivity index (χ1v) is 7.02. The van der Waals surface area contributed by atoms with Gasteiger partial charge in [-0.3, -0.25) is 0 Å². The molecule has 2 aromatic rings. The van der Waals surface area contributed by atoms with Crippen LogP contribution in [-0.2, 0) is 6.54 Å². The Labute approximate surface area is 125 Å². The Hall–Kier alpha value is -0.160. The number of para-hydroxylation sites is 1. The number of benzene rings is 1. The summed E-state index contributed by atoms with van der Waals surface area (Å²) >= 11 is 1.91. The molecule has 0 fully saturated rings. The highest BCUT2D eigenvalue weighted by atomic mass is 127. The minimum Gasteiger partial charge on any atom is -1.00 e. The molecule has 0 atom stereocenters. The van der Waals surface area contributed by atoms with E-state index in [0.717, 1.165) is 0 Å². The molecule has 1 aromatic heterocycles. The highest BCUT2D eigenvalue weighted by molar-refractivity contribution is 7.18. The third kappa shape index (κ3) is 3.65. The maximum atomic E-state index is 2.47. The fourth-order valence-corrected chi connectivity index (χ4v) is 3.17. The number of nitrogens with zero attached hydrogens (tertiary/aromatic N) is 1. The smallest absolute Gasteiger partial charge is 0.235 e. The summed E-state index contributed by atoms with van der Waals surface area (Å²) in [6, 6.07) is 8.71. The van der Waals surface area contributed by atoms with Gasteiger partial charge in [0, 0.05) is 19.4 Å². The number of halogens is 1. The topological polar surface area (TPSA) is 3.88 Å². The van der Waals surface area contributed by atoms with Crippen molar-refractivity contribution in [2.75, 3.05) is 0 Å². The summed E-state index contributed by atoms with van der Waals surface area (Å²) in [5, 5.41) is 1.43. The van der Waals surface area contributed by atoms with Crippen molar-refractivity contribution >= 4 is 21.6 Å². The van der Waals surface area contributed by atoms with Crippen molar-refractivity contribution in [3.8, 4) is 0 Å². The van der Waals surface area contributed by atoms with Crippen LogP contribution >= 0.6 is 11.3 Å². The third-order valence-electron chi connectivity index (χ3n) is 3.03. The lowest BCUT2D eigenvalue weighted by molar-refractivity contribution is -0.673. The lowest BCUT2D eigenvalue weighted by Crippen LogP contribution is -3.00. The van der Waals surface area contributed by atoms with Crippen LogP contribution in [0.25, 0.3) is 10.2 Å². The number of aryl methyl sites for hydroxylation is 2. The molecule has 0 aliphatic rings. The van der Waals surface area contributed by atoms with Crippen LogP contribution in [0.4, 0.5) is 0 Å². The summed E-state index contributed by atoms with van der Waals surface area (Å²) in [6.45, 7) is 5.67. The van der Waals surface area contributed by atoms with E-state index in [0.29, 0.717) is 0 Å². The maximum Gasteiger partial charge on any atom is 0.235 e. The second-order valence-electron chi connectivity index (χ2n) is 4.30. The standard InChI is InChI=1S/C14H20NS.HI/c1-3-4-5-8-11-15-12(2)16-14-10-7-6-9-13(14)15;/h6-7,9-10H,3-5,8,11H2,1-2H3;1H/q+1;/p-1. The maximum absolute atomic E-state index is 2.47.